The first kappa shape index (κ1) is 18.0. The van der Waals surface area contributed by atoms with Crippen molar-refractivity contribution in [2.45, 2.75) is 6.92 Å². The molecule has 6 heteroatoms. The van der Waals surface area contributed by atoms with Gasteiger partial charge >= 0.3 is 5.97 Å². The van der Waals surface area contributed by atoms with Gasteiger partial charge in [-0.25, -0.2) is 9.78 Å². The van der Waals surface area contributed by atoms with Gasteiger partial charge in [-0.15, -0.1) is 0 Å². The molecule has 0 saturated carbocycles. The van der Waals surface area contributed by atoms with Gasteiger partial charge in [-0.2, -0.15) is 0 Å². The maximum Gasteiger partial charge on any atom is 0.376 e. The number of nitrogen functional groups attached to an aromatic ring is 1. The van der Waals surface area contributed by atoms with Gasteiger partial charge in [-0.3, -0.25) is 0 Å². The lowest BCUT2D eigenvalue weighted by atomic mass is 9.99. The van der Waals surface area contributed by atoms with Crippen LogP contribution in [0.2, 0.25) is 0 Å². The average molecular weight is 398 g/mol. The molecule has 0 atom stereocenters. The number of ether oxygens (including phenoxy) is 1. The molecular formula is C24H18N2O4. The van der Waals surface area contributed by atoms with Crippen LogP contribution < -0.4 is 5.73 Å². The number of anilines is 1. The summed E-state index contributed by atoms with van der Waals surface area (Å²) in [6, 6.07) is 19.6. The standard InChI is InChI=1S/C24H18N2O4/c1-2-28-24(27)22-21(25)20-17(19-11-6-12-29-19)13-18(26-23(20)30-22)16-10-5-8-14-7-3-4-9-15(14)16/h3-13H,2,25H2,1H3. The molecule has 2 N–H and O–H groups in total. The molecule has 0 unspecified atom stereocenters. The number of aromatic nitrogens is 1. The summed E-state index contributed by atoms with van der Waals surface area (Å²) in [7, 11) is 0. The van der Waals surface area contributed by atoms with E-state index in [2.05, 4.69) is 12.1 Å². The number of hydrogen-bond acceptors (Lipinski definition) is 6. The number of nitrogens with two attached hydrogens (primary N) is 1. The minimum atomic E-state index is -0.620. The molecule has 0 aliphatic heterocycles. The molecular weight excluding hydrogens is 380 g/mol. The van der Waals surface area contributed by atoms with Crippen LogP contribution in [-0.4, -0.2) is 17.6 Å². The predicted molar refractivity (Wildman–Crippen MR) is 115 cm³/mol. The Hall–Kier alpha value is -4.06. The van der Waals surface area contributed by atoms with E-state index >= 15 is 0 Å². The van der Waals surface area contributed by atoms with Crippen molar-refractivity contribution in [3.05, 3.63) is 72.7 Å². The minimum Gasteiger partial charge on any atom is -0.464 e. The van der Waals surface area contributed by atoms with Gasteiger partial charge in [-0.05, 0) is 35.9 Å². The Morgan fingerprint density at radius 1 is 1.07 bits per heavy atom. The van der Waals surface area contributed by atoms with Crippen molar-refractivity contribution in [2.24, 2.45) is 0 Å². The van der Waals surface area contributed by atoms with Crippen LogP contribution in [-0.2, 0) is 4.74 Å². The summed E-state index contributed by atoms with van der Waals surface area (Å²) >= 11 is 0. The number of rotatable bonds is 4. The minimum absolute atomic E-state index is 0.0535. The lowest BCUT2D eigenvalue weighted by Gasteiger charge is -2.08. The monoisotopic (exact) mass is 398 g/mol. The fraction of sp³-hybridized carbons (Fsp3) is 0.0833. The second-order valence-corrected chi connectivity index (χ2v) is 6.80. The topological polar surface area (TPSA) is 91.5 Å². The SMILES string of the molecule is CCOC(=O)c1oc2nc(-c3cccc4ccccc34)cc(-c3ccco3)c2c1N. The molecule has 0 radical (unpaired) electrons. The highest BCUT2D eigenvalue weighted by Crippen LogP contribution is 2.40. The number of hydrogen-bond donors (Lipinski definition) is 1. The van der Waals surface area contributed by atoms with E-state index in [-0.39, 0.29) is 23.8 Å². The van der Waals surface area contributed by atoms with Crippen LogP contribution in [0.1, 0.15) is 17.5 Å². The lowest BCUT2D eigenvalue weighted by molar-refractivity contribution is 0.0494. The van der Waals surface area contributed by atoms with Gasteiger partial charge in [0.25, 0.3) is 0 Å². The molecule has 0 bridgehead atoms. The number of esters is 1. The molecule has 0 aliphatic carbocycles. The number of carbonyl (C=O) groups excluding carboxylic acids is 1. The van der Waals surface area contributed by atoms with E-state index in [4.69, 9.17) is 24.3 Å². The molecule has 5 aromatic rings. The van der Waals surface area contributed by atoms with Crippen molar-refractivity contribution in [1.82, 2.24) is 4.98 Å². The van der Waals surface area contributed by atoms with Gasteiger partial charge in [0.1, 0.15) is 5.76 Å². The number of benzene rings is 2. The summed E-state index contributed by atoms with van der Waals surface area (Å²) in [5.41, 5.74) is 9.05. The molecule has 6 nitrogen and oxygen atoms in total. The fourth-order valence-corrected chi connectivity index (χ4v) is 3.68. The van der Waals surface area contributed by atoms with Crippen LogP contribution in [0.5, 0.6) is 0 Å². The van der Waals surface area contributed by atoms with E-state index in [9.17, 15) is 4.79 Å². The first-order chi connectivity index (χ1) is 14.7. The molecule has 30 heavy (non-hydrogen) atoms. The molecule has 0 spiro atoms. The summed E-state index contributed by atoms with van der Waals surface area (Å²) in [5.74, 6) is -0.0703. The maximum atomic E-state index is 12.3. The highest BCUT2D eigenvalue weighted by atomic mass is 16.5. The molecule has 2 aromatic carbocycles. The summed E-state index contributed by atoms with van der Waals surface area (Å²) in [6.07, 6.45) is 1.59. The zero-order valence-corrected chi connectivity index (χ0v) is 16.2. The second kappa shape index (κ2) is 7.08. The highest BCUT2D eigenvalue weighted by Gasteiger charge is 2.25. The van der Waals surface area contributed by atoms with Crippen molar-refractivity contribution in [3.63, 3.8) is 0 Å². The summed E-state index contributed by atoms with van der Waals surface area (Å²) in [4.78, 5) is 17.0. The van der Waals surface area contributed by atoms with Crippen molar-refractivity contribution in [1.29, 1.82) is 0 Å². The molecule has 148 valence electrons. The molecule has 3 heterocycles. The van der Waals surface area contributed by atoms with Gasteiger partial charge in [-0.1, -0.05) is 42.5 Å². The van der Waals surface area contributed by atoms with E-state index in [1.165, 1.54) is 0 Å². The average Bonchev–Trinajstić information content (AvgIpc) is 3.41. The van der Waals surface area contributed by atoms with Gasteiger partial charge in [0, 0.05) is 11.1 Å². The number of carbonyl (C=O) groups is 1. The number of furan rings is 2. The summed E-state index contributed by atoms with van der Waals surface area (Å²) < 4.78 is 16.5. The quantitative estimate of drug-likeness (QED) is 0.392. The third-order valence-corrected chi connectivity index (χ3v) is 5.01. The largest absolute Gasteiger partial charge is 0.464 e. The second-order valence-electron chi connectivity index (χ2n) is 6.80. The molecule has 5 rings (SSSR count). The number of nitrogens with zero attached hydrogens (tertiary/aromatic N) is 1. The van der Waals surface area contributed by atoms with Crippen molar-refractivity contribution in [3.8, 4) is 22.6 Å². The Bertz CT molecular complexity index is 1380. The zero-order valence-electron chi connectivity index (χ0n) is 16.2. The third kappa shape index (κ3) is 2.81. The van der Waals surface area contributed by atoms with Gasteiger partial charge in [0.15, 0.2) is 0 Å². The molecule has 0 fully saturated rings. The van der Waals surface area contributed by atoms with Crippen molar-refractivity contribution < 1.29 is 18.4 Å². The number of pyridine rings is 1. The van der Waals surface area contributed by atoms with Crippen LogP contribution >= 0.6 is 0 Å². The normalized spacial score (nSPS) is 11.2. The van der Waals surface area contributed by atoms with E-state index in [1.807, 2.05) is 42.5 Å². The zero-order chi connectivity index (χ0) is 20.7. The fourth-order valence-electron chi connectivity index (χ4n) is 3.68. The van der Waals surface area contributed by atoms with Crippen LogP contribution in [0.4, 0.5) is 5.69 Å². The van der Waals surface area contributed by atoms with E-state index in [1.54, 1.807) is 19.3 Å². The smallest absolute Gasteiger partial charge is 0.376 e. The Balaban J connectivity index is 1.82. The molecule has 0 amide bonds. The Kier molecular flexibility index (Phi) is 4.25. The van der Waals surface area contributed by atoms with Gasteiger partial charge in [0.2, 0.25) is 11.5 Å². The highest BCUT2D eigenvalue weighted by molar-refractivity contribution is 6.09. The Morgan fingerprint density at radius 2 is 1.90 bits per heavy atom. The molecule has 3 aromatic heterocycles. The first-order valence-corrected chi connectivity index (χ1v) is 9.59. The first-order valence-electron chi connectivity index (χ1n) is 9.59. The van der Waals surface area contributed by atoms with E-state index < -0.39 is 5.97 Å². The third-order valence-electron chi connectivity index (χ3n) is 5.01. The Morgan fingerprint density at radius 3 is 2.70 bits per heavy atom. The molecule has 0 saturated heterocycles. The van der Waals surface area contributed by atoms with Gasteiger partial charge in [0.05, 0.1) is 29.6 Å². The number of fused-ring (bicyclic) bond motifs is 2. The van der Waals surface area contributed by atoms with Gasteiger partial charge < -0.3 is 19.3 Å². The van der Waals surface area contributed by atoms with E-state index in [0.29, 0.717) is 22.4 Å². The predicted octanol–water partition coefficient (Wildman–Crippen LogP) is 5.67. The lowest BCUT2D eigenvalue weighted by Crippen LogP contribution is -2.05. The van der Waals surface area contributed by atoms with Crippen LogP contribution in [0.3, 0.4) is 0 Å². The van der Waals surface area contributed by atoms with Crippen LogP contribution in [0, 0.1) is 0 Å². The summed E-state index contributed by atoms with van der Waals surface area (Å²) in [5, 5.41) is 2.68. The van der Waals surface area contributed by atoms with E-state index in [0.717, 1.165) is 16.3 Å². The summed E-state index contributed by atoms with van der Waals surface area (Å²) in [6.45, 7) is 1.94. The van der Waals surface area contributed by atoms with Crippen molar-refractivity contribution in [2.75, 3.05) is 12.3 Å². The van der Waals surface area contributed by atoms with Crippen molar-refractivity contribution >= 4 is 33.5 Å². The maximum absolute atomic E-state index is 12.3. The Labute approximate surface area is 171 Å². The molecule has 0 aliphatic rings. The van der Waals surface area contributed by atoms with Crippen LogP contribution in [0.25, 0.3) is 44.5 Å². The van der Waals surface area contributed by atoms with Crippen LogP contribution in [0.15, 0.2) is 75.8 Å².